The van der Waals surface area contributed by atoms with Gasteiger partial charge in [-0.1, -0.05) is 23.7 Å². The summed E-state index contributed by atoms with van der Waals surface area (Å²) in [4.78, 5) is 24.2. The first-order chi connectivity index (χ1) is 10.4. The van der Waals surface area contributed by atoms with Gasteiger partial charge in [-0.2, -0.15) is 0 Å². The third-order valence-corrected chi connectivity index (χ3v) is 3.83. The van der Waals surface area contributed by atoms with Gasteiger partial charge in [-0.25, -0.2) is 0 Å². The molecule has 0 bridgehead atoms. The number of carbonyl (C=O) groups excluding carboxylic acids is 1. The van der Waals surface area contributed by atoms with Crippen molar-refractivity contribution in [2.45, 2.75) is 13.0 Å². The molecule has 0 aliphatic heterocycles. The number of benzene rings is 2. The molecular formula is C16H15ClN2O3. The molecule has 1 amide bonds. The number of nitro benzene ring substituents is 1. The zero-order valence-electron chi connectivity index (χ0n) is 12.2. The van der Waals surface area contributed by atoms with Gasteiger partial charge in [0.1, 0.15) is 0 Å². The number of hydrogen-bond acceptors (Lipinski definition) is 3. The van der Waals surface area contributed by atoms with Crippen LogP contribution in [0.4, 0.5) is 5.69 Å². The van der Waals surface area contributed by atoms with E-state index in [9.17, 15) is 14.9 Å². The molecule has 1 atom stereocenters. The van der Waals surface area contributed by atoms with Gasteiger partial charge in [0.25, 0.3) is 11.6 Å². The molecule has 2 aromatic carbocycles. The second-order valence-corrected chi connectivity index (χ2v) is 5.38. The topological polar surface area (TPSA) is 63.5 Å². The highest BCUT2D eigenvalue weighted by atomic mass is 35.5. The Kier molecular flexibility index (Phi) is 4.78. The first kappa shape index (κ1) is 16.0. The summed E-state index contributed by atoms with van der Waals surface area (Å²) in [5.41, 5.74) is 1.33. The summed E-state index contributed by atoms with van der Waals surface area (Å²) in [6, 6.07) is 12.7. The van der Waals surface area contributed by atoms with Crippen LogP contribution in [0.1, 0.15) is 28.9 Å². The highest BCUT2D eigenvalue weighted by Gasteiger charge is 2.19. The molecule has 5 nitrogen and oxygen atoms in total. The lowest BCUT2D eigenvalue weighted by Crippen LogP contribution is -2.29. The van der Waals surface area contributed by atoms with Crippen LogP contribution in [0.25, 0.3) is 0 Å². The average molecular weight is 319 g/mol. The zero-order valence-corrected chi connectivity index (χ0v) is 12.9. The molecule has 0 spiro atoms. The molecule has 114 valence electrons. The van der Waals surface area contributed by atoms with E-state index < -0.39 is 4.92 Å². The number of non-ortho nitro benzene ring substituents is 1. The average Bonchev–Trinajstić information content (AvgIpc) is 2.53. The highest BCUT2D eigenvalue weighted by molar-refractivity contribution is 6.30. The predicted molar refractivity (Wildman–Crippen MR) is 85.1 cm³/mol. The number of nitrogens with zero attached hydrogens (tertiary/aromatic N) is 2. The van der Waals surface area contributed by atoms with Crippen LogP contribution in [0.5, 0.6) is 0 Å². The van der Waals surface area contributed by atoms with Gasteiger partial charge in [-0.3, -0.25) is 14.9 Å². The maximum absolute atomic E-state index is 12.4. The van der Waals surface area contributed by atoms with E-state index in [1.165, 1.54) is 24.3 Å². The molecule has 0 aliphatic carbocycles. The van der Waals surface area contributed by atoms with Gasteiger partial charge in [0.15, 0.2) is 0 Å². The molecule has 0 heterocycles. The number of carbonyl (C=O) groups is 1. The minimum Gasteiger partial charge on any atom is -0.335 e. The molecule has 2 aromatic rings. The number of rotatable bonds is 4. The summed E-state index contributed by atoms with van der Waals surface area (Å²) < 4.78 is 0. The summed E-state index contributed by atoms with van der Waals surface area (Å²) in [5.74, 6) is -0.197. The number of halogens is 1. The van der Waals surface area contributed by atoms with Crippen LogP contribution in [-0.2, 0) is 0 Å². The van der Waals surface area contributed by atoms with Crippen molar-refractivity contribution < 1.29 is 9.72 Å². The number of hydrogen-bond donors (Lipinski definition) is 0. The molecule has 0 saturated heterocycles. The fourth-order valence-corrected chi connectivity index (χ4v) is 2.20. The first-order valence-corrected chi connectivity index (χ1v) is 7.05. The van der Waals surface area contributed by atoms with Gasteiger partial charge < -0.3 is 4.90 Å². The maximum Gasteiger partial charge on any atom is 0.269 e. The fraction of sp³-hybridized carbons (Fsp3) is 0.188. The Balaban J connectivity index is 2.17. The molecule has 2 rings (SSSR count). The van der Waals surface area contributed by atoms with E-state index in [-0.39, 0.29) is 17.6 Å². The quantitative estimate of drug-likeness (QED) is 0.630. The molecule has 22 heavy (non-hydrogen) atoms. The molecule has 0 radical (unpaired) electrons. The van der Waals surface area contributed by atoms with E-state index in [1.54, 1.807) is 24.1 Å². The smallest absolute Gasteiger partial charge is 0.269 e. The summed E-state index contributed by atoms with van der Waals surface area (Å²) in [6.07, 6.45) is 0. The van der Waals surface area contributed by atoms with Gasteiger partial charge in [0.2, 0.25) is 0 Å². The molecule has 6 heteroatoms. The summed E-state index contributed by atoms with van der Waals surface area (Å²) in [5, 5.41) is 11.3. The largest absolute Gasteiger partial charge is 0.335 e. The van der Waals surface area contributed by atoms with E-state index in [1.807, 2.05) is 19.1 Å². The lowest BCUT2D eigenvalue weighted by atomic mass is 10.1. The third kappa shape index (κ3) is 3.43. The molecule has 0 fully saturated rings. The van der Waals surface area contributed by atoms with Crippen molar-refractivity contribution in [2.24, 2.45) is 0 Å². The van der Waals surface area contributed by atoms with Gasteiger partial charge in [0.05, 0.1) is 11.0 Å². The van der Waals surface area contributed by atoms with Crippen LogP contribution in [0.15, 0.2) is 48.5 Å². The minimum atomic E-state index is -0.492. The van der Waals surface area contributed by atoms with Crippen LogP contribution in [0.2, 0.25) is 5.02 Å². The van der Waals surface area contributed by atoms with E-state index in [4.69, 9.17) is 11.6 Å². The van der Waals surface area contributed by atoms with Crippen molar-refractivity contribution in [3.63, 3.8) is 0 Å². The van der Waals surface area contributed by atoms with Crippen LogP contribution < -0.4 is 0 Å². The first-order valence-electron chi connectivity index (χ1n) is 6.67. The Morgan fingerprint density at radius 3 is 2.18 bits per heavy atom. The Bertz CT molecular complexity index is 684. The molecule has 0 N–H and O–H groups in total. The Hall–Kier alpha value is -2.40. The van der Waals surface area contributed by atoms with Gasteiger partial charge in [-0.15, -0.1) is 0 Å². The van der Waals surface area contributed by atoms with Crippen LogP contribution in [-0.4, -0.2) is 22.8 Å². The van der Waals surface area contributed by atoms with Crippen molar-refractivity contribution in [1.82, 2.24) is 4.90 Å². The predicted octanol–water partition coefficient (Wildman–Crippen LogP) is 4.08. The van der Waals surface area contributed by atoms with Crippen LogP contribution in [0.3, 0.4) is 0 Å². The second-order valence-electron chi connectivity index (χ2n) is 4.95. The monoisotopic (exact) mass is 318 g/mol. The summed E-state index contributed by atoms with van der Waals surface area (Å²) in [6.45, 7) is 1.91. The SMILES string of the molecule is C[C@@H](c1ccc(Cl)cc1)N(C)C(=O)c1ccc([N+](=O)[O-])cc1. The summed E-state index contributed by atoms with van der Waals surface area (Å²) in [7, 11) is 1.70. The maximum atomic E-state index is 12.4. The zero-order chi connectivity index (χ0) is 16.3. The molecule has 0 aliphatic rings. The lowest BCUT2D eigenvalue weighted by Gasteiger charge is -2.25. The van der Waals surface area contributed by atoms with Crippen molar-refractivity contribution >= 4 is 23.2 Å². The normalized spacial score (nSPS) is 11.8. The van der Waals surface area contributed by atoms with E-state index in [2.05, 4.69) is 0 Å². The van der Waals surface area contributed by atoms with Gasteiger partial charge in [-0.05, 0) is 36.8 Å². The Morgan fingerprint density at radius 1 is 1.14 bits per heavy atom. The van der Waals surface area contributed by atoms with Gasteiger partial charge in [0, 0.05) is 29.8 Å². The molecule has 0 aromatic heterocycles. The molecule has 0 unspecified atom stereocenters. The molecule has 0 saturated carbocycles. The van der Waals surface area contributed by atoms with Crippen LogP contribution >= 0.6 is 11.6 Å². The van der Waals surface area contributed by atoms with Crippen molar-refractivity contribution in [2.75, 3.05) is 7.05 Å². The standard InChI is InChI=1S/C16H15ClN2O3/c1-11(12-3-7-14(17)8-4-12)18(2)16(20)13-5-9-15(10-6-13)19(21)22/h3-11H,1-2H3/t11-/m0/s1. The van der Waals surface area contributed by atoms with Crippen LogP contribution in [0, 0.1) is 10.1 Å². The number of nitro groups is 1. The second kappa shape index (κ2) is 6.58. The minimum absolute atomic E-state index is 0.0371. The van der Waals surface area contributed by atoms with E-state index in [0.717, 1.165) is 5.56 Å². The van der Waals surface area contributed by atoms with Crippen molar-refractivity contribution in [3.05, 3.63) is 74.8 Å². The fourth-order valence-electron chi connectivity index (χ4n) is 2.07. The van der Waals surface area contributed by atoms with E-state index in [0.29, 0.717) is 10.6 Å². The Morgan fingerprint density at radius 2 is 1.68 bits per heavy atom. The molecular weight excluding hydrogens is 304 g/mol. The van der Waals surface area contributed by atoms with E-state index >= 15 is 0 Å². The Labute approximate surface area is 133 Å². The summed E-state index contributed by atoms with van der Waals surface area (Å²) >= 11 is 5.86. The van der Waals surface area contributed by atoms with Crippen molar-refractivity contribution in [1.29, 1.82) is 0 Å². The van der Waals surface area contributed by atoms with Crippen molar-refractivity contribution in [3.8, 4) is 0 Å². The third-order valence-electron chi connectivity index (χ3n) is 3.58. The lowest BCUT2D eigenvalue weighted by molar-refractivity contribution is -0.384. The van der Waals surface area contributed by atoms with Gasteiger partial charge >= 0.3 is 0 Å². The highest BCUT2D eigenvalue weighted by Crippen LogP contribution is 2.23. The number of amides is 1.